The van der Waals surface area contributed by atoms with Crippen molar-refractivity contribution in [2.45, 2.75) is 64.2 Å². The molecule has 0 saturated heterocycles. The van der Waals surface area contributed by atoms with Crippen LogP contribution in [-0.4, -0.2) is 55.3 Å². The predicted molar refractivity (Wildman–Crippen MR) is 113 cm³/mol. The molecule has 2 aromatic rings. The summed E-state index contributed by atoms with van der Waals surface area (Å²) in [6.07, 6.45) is 7.29. The lowest BCUT2D eigenvalue weighted by Gasteiger charge is -2.43. The minimum Gasteiger partial charge on any atom is -0.351 e. The van der Waals surface area contributed by atoms with Crippen LogP contribution in [0.1, 0.15) is 66.2 Å². The number of hydrogen-bond acceptors (Lipinski definition) is 5. The Balaban J connectivity index is 1.55. The van der Waals surface area contributed by atoms with Crippen LogP contribution in [0.2, 0.25) is 0 Å². The van der Waals surface area contributed by atoms with Gasteiger partial charge in [-0.3, -0.25) is 19.4 Å². The molecule has 9 heteroatoms. The molecule has 31 heavy (non-hydrogen) atoms. The summed E-state index contributed by atoms with van der Waals surface area (Å²) in [5, 5.41) is 5.89. The molecular formula is C22H28N6O3. The van der Waals surface area contributed by atoms with Crippen LogP contribution < -0.4 is 10.6 Å². The molecule has 0 bridgehead atoms. The highest BCUT2D eigenvalue weighted by Gasteiger charge is 2.48. The van der Waals surface area contributed by atoms with E-state index in [9.17, 15) is 14.4 Å². The van der Waals surface area contributed by atoms with Crippen LogP contribution in [0.25, 0.3) is 0 Å². The maximum Gasteiger partial charge on any atom is 0.273 e. The van der Waals surface area contributed by atoms with E-state index in [1.165, 1.54) is 6.33 Å². The normalized spacial score (nSPS) is 21.1. The molecule has 1 aliphatic carbocycles. The SMILES string of the molecule is CCN1C(=O)c2c(C(=O)NCc3ccccn3)ncn2CC1(C)C(=O)NC1CCCC1. The third-order valence-corrected chi connectivity index (χ3v) is 6.23. The van der Waals surface area contributed by atoms with Gasteiger partial charge in [-0.1, -0.05) is 18.9 Å². The summed E-state index contributed by atoms with van der Waals surface area (Å²) in [5.41, 5.74) is -0.0464. The first kappa shape index (κ1) is 21.0. The van der Waals surface area contributed by atoms with Crippen molar-refractivity contribution in [2.24, 2.45) is 0 Å². The van der Waals surface area contributed by atoms with Crippen molar-refractivity contribution in [2.75, 3.05) is 6.54 Å². The van der Waals surface area contributed by atoms with Gasteiger partial charge in [0.15, 0.2) is 5.69 Å². The molecular weight excluding hydrogens is 396 g/mol. The lowest BCUT2D eigenvalue weighted by molar-refractivity contribution is -0.133. The molecule has 2 aromatic heterocycles. The van der Waals surface area contributed by atoms with E-state index in [1.807, 2.05) is 13.0 Å². The standard InChI is InChI=1S/C22H28N6O3/c1-3-28-20(30)18-17(19(29)24-12-16-10-6-7-11-23-16)25-14-27(18)13-22(28,2)21(31)26-15-8-4-5-9-15/h6-7,10-11,14-15H,3-5,8-9,12-13H2,1-2H3,(H,24,29)(H,26,31). The fourth-order valence-electron chi connectivity index (χ4n) is 4.52. The van der Waals surface area contributed by atoms with Crippen LogP contribution in [0.15, 0.2) is 30.7 Å². The topological polar surface area (TPSA) is 109 Å². The van der Waals surface area contributed by atoms with Crippen LogP contribution in [0.3, 0.4) is 0 Å². The van der Waals surface area contributed by atoms with E-state index < -0.39 is 11.4 Å². The average molecular weight is 425 g/mol. The van der Waals surface area contributed by atoms with Gasteiger partial charge in [-0.05, 0) is 38.8 Å². The Morgan fingerprint density at radius 3 is 2.68 bits per heavy atom. The monoisotopic (exact) mass is 424 g/mol. The second-order valence-electron chi connectivity index (χ2n) is 8.35. The summed E-state index contributed by atoms with van der Waals surface area (Å²) in [6, 6.07) is 5.61. The van der Waals surface area contributed by atoms with Crippen LogP contribution in [-0.2, 0) is 17.9 Å². The molecule has 164 valence electrons. The van der Waals surface area contributed by atoms with E-state index in [1.54, 1.807) is 34.7 Å². The van der Waals surface area contributed by atoms with E-state index >= 15 is 0 Å². The van der Waals surface area contributed by atoms with Crippen molar-refractivity contribution in [3.63, 3.8) is 0 Å². The number of rotatable bonds is 6. The number of amides is 3. The van der Waals surface area contributed by atoms with Gasteiger partial charge in [0.25, 0.3) is 11.8 Å². The number of aromatic nitrogens is 3. The Kier molecular flexibility index (Phi) is 5.75. The van der Waals surface area contributed by atoms with E-state index in [0.717, 1.165) is 25.7 Å². The molecule has 1 atom stereocenters. The number of hydrogen-bond donors (Lipinski definition) is 2. The van der Waals surface area contributed by atoms with E-state index in [0.29, 0.717) is 12.2 Å². The first-order valence-corrected chi connectivity index (χ1v) is 10.8. The van der Waals surface area contributed by atoms with Gasteiger partial charge in [0.1, 0.15) is 11.2 Å². The Morgan fingerprint density at radius 1 is 1.23 bits per heavy atom. The van der Waals surface area contributed by atoms with Crippen molar-refractivity contribution in [3.05, 3.63) is 47.8 Å². The fourth-order valence-corrected chi connectivity index (χ4v) is 4.52. The summed E-state index contributed by atoms with van der Waals surface area (Å²) in [4.78, 5) is 49.2. The van der Waals surface area contributed by atoms with Crippen LogP contribution >= 0.6 is 0 Å². The van der Waals surface area contributed by atoms with E-state index in [-0.39, 0.29) is 42.3 Å². The maximum absolute atomic E-state index is 13.4. The average Bonchev–Trinajstić information content (AvgIpc) is 3.43. The number of nitrogens with one attached hydrogen (secondary N) is 2. The Morgan fingerprint density at radius 2 is 2.00 bits per heavy atom. The fraction of sp³-hybridized carbons (Fsp3) is 0.500. The molecule has 0 radical (unpaired) electrons. The molecule has 3 amide bonds. The third kappa shape index (κ3) is 3.92. The molecule has 3 heterocycles. The van der Waals surface area contributed by atoms with Crippen LogP contribution in [0, 0.1) is 0 Å². The van der Waals surface area contributed by atoms with Gasteiger partial charge in [0.2, 0.25) is 5.91 Å². The molecule has 0 spiro atoms. The van der Waals surface area contributed by atoms with Crippen molar-refractivity contribution in [3.8, 4) is 0 Å². The minimum absolute atomic E-state index is 0.0673. The van der Waals surface area contributed by atoms with Crippen molar-refractivity contribution >= 4 is 17.7 Å². The van der Waals surface area contributed by atoms with Crippen LogP contribution in [0.4, 0.5) is 0 Å². The van der Waals surface area contributed by atoms with Gasteiger partial charge in [-0.2, -0.15) is 0 Å². The zero-order chi connectivity index (χ0) is 22.0. The van der Waals surface area contributed by atoms with Crippen molar-refractivity contribution < 1.29 is 14.4 Å². The number of imidazole rings is 1. The second-order valence-corrected chi connectivity index (χ2v) is 8.35. The quantitative estimate of drug-likeness (QED) is 0.730. The maximum atomic E-state index is 13.4. The van der Waals surface area contributed by atoms with E-state index in [2.05, 4.69) is 20.6 Å². The zero-order valence-corrected chi connectivity index (χ0v) is 17.9. The van der Waals surface area contributed by atoms with Gasteiger partial charge in [-0.15, -0.1) is 0 Å². The Bertz CT molecular complexity index is 982. The second kappa shape index (κ2) is 8.49. The number of likely N-dealkylation sites (N-methyl/N-ethyl adjacent to an activating group) is 1. The molecule has 1 fully saturated rings. The number of fused-ring (bicyclic) bond motifs is 1. The number of pyridine rings is 1. The summed E-state index contributed by atoms with van der Waals surface area (Å²) in [7, 11) is 0. The zero-order valence-electron chi connectivity index (χ0n) is 17.9. The van der Waals surface area contributed by atoms with Gasteiger partial charge in [0, 0.05) is 18.8 Å². The summed E-state index contributed by atoms with van der Waals surface area (Å²) in [5.74, 6) is -0.962. The first-order valence-electron chi connectivity index (χ1n) is 10.8. The molecule has 0 aromatic carbocycles. The highest BCUT2D eigenvalue weighted by atomic mass is 16.2. The number of carbonyl (C=O) groups excluding carboxylic acids is 3. The molecule has 2 N–H and O–H groups in total. The largest absolute Gasteiger partial charge is 0.351 e. The smallest absolute Gasteiger partial charge is 0.273 e. The Hall–Kier alpha value is -3.23. The summed E-state index contributed by atoms with van der Waals surface area (Å²) < 4.78 is 1.62. The first-order chi connectivity index (χ1) is 14.9. The molecule has 2 aliphatic rings. The van der Waals surface area contributed by atoms with Crippen LogP contribution in [0.5, 0.6) is 0 Å². The lowest BCUT2D eigenvalue weighted by Crippen LogP contribution is -2.64. The van der Waals surface area contributed by atoms with E-state index in [4.69, 9.17) is 0 Å². The molecule has 4 rings (SSSR count). The van der Waals surface area contributed by atoms with Gasteiger partial charge in [-0.25, -0.2) is 4.98 Å². The van der Waals surface area contributed by atoms with Gasteiger partial charge < -0.3 is 20.1 Å². The molecule has 1 aliphatic heterocycles. The molecule has 1 saturated carbocycles. The lowest BCUT2D eigenvalue weighted by atomic mass is 9.94. The van der Waals surface area contributed by atoms with Crippen molar-refractivity contribution in [1.29, 1.82) is 0 Å². The van der Waals surface area contributed by atoms with Gasteiger partial charge >= 0.3 is 0 Å². The minimum atomic E-state index is -1.04. The summed E-state index contributed by atoms with van der Waals surface area (Å²) in [6.45, 7) is 4.46. The molecule has 1 unspecified atom stereocenters. The van der Waals surface area contributed by atoms with Gasteiger partial charge in [0.05, 0.1) is 25.1 Å². The highest BCUT2D eigenvalue weighted by molar-refractivity contribution is 6.07. The predicted octanol–water partition coefficient (Wildman–Crippen LogP) is 1.50. The Labute approximate surface area is 181 Å². The number of nitrogens with zero attached hydrogens (tertiary/aromatic N) is 4. The third-order valence-electron chi connectivity index (χ3n) is 6.23. The summed E-state index contributed by atoms with van der Waals surface area (Å²) >= 11 is 0. The molecule has 9 nitrogen and oxygen atoms in total. The highest BCUT2D eigenvalue weighted by Crippen LogP contribution is 2.29. The number of carbonyl (C=O) groups is 3. The van der Waals surface area contributed by atoms with Crippen molar-refractivity contribution in [1.82, 2.24) is 30.1 Å².